The van der Waals surface area contributed by atoms with E-state index in [2.05, 4.69) is 5.32 Å². The second-order valence-electron chi connectivity index (χ2n) is 9.83. The molecule has 3 N–H and O–H groups in total. The predicted octanol–water partition coefficient (Wildman–Crippen LogP) is 2.92. The fraction of sp³-hybridized carbons (Fsp3) is 0.640. The number of β-amino-alcohol motifs (C(OH)–C–C–N with tert-alkyl or cyclic N) is 1. The standard InChI is InChI=1S/C25H33ClF3N3O6/c1-38-23(37)19(4-5-21(34)32-12-9-24(7-8-24)20(33)15-32)30-10-13-31(11-6-22(35)36)16-2-3-17(18(26)14-16)25(27,28)29/h2-3,14,19-20,30,33H,4-13,15H2,1H3,(H,35,36)/t19-,20+/m0/s1. The molecule has 2 fully saturated rings. The summed E-state index contributed by atoms with van der Waals surface area (Å²) in [6.45, 7) is 1.15. The number of aliphatic carboxylic acids is 1. The zero-order chi connectivity index (χ0) is 28.1. The van der Waals surface area contributed by atoms with Crippen molar-refractivity contribution < 1.29 is 42.5 Å². The second kappa shape index (κ2) is 12.5. The van der Waals surface area contributed by atoms with Gasteiger partial charge in [0.25, 0.3) is 0 Å². The van der Waals surface area contributed by atoms with Crippen LogP contribution in [0.4, 0.5) is 18.9 Å². The number of halogens is 4. The number of hydrogen-bond donors (Lipinski definition) is 3. The fourth-order valence-electron chi connectivity index (χ4n) is 4.76. The molecule has 212 valence electrons. The molecule has 0 bridgehead atoms. The number of aliphatic hydroxyl groups is 1. The molecule has 1 saturated heterocycles. The maximum atomic E-state index is 13.1. The molecule has 0 aromatic heterocycles. The van der Waals surface area contributed by atoms with Gasteiger partial charge >= 0.3 is 18.1 Å². The van der Waals surface area contributed by atoms with E-state index in [1.54, 1.807) is 9.80 Å². The topological polar surface area (TPSA) is 119 Å². The van der Waals surface area contributed by atoms with E-state index in [1.165, 1.54) is 13.2 Å². The van der Waals surface area contributed by atoms with E-state index in [0.717, 1.165) is 31.4 Å². The van der Waals surface area contributed by atoms with Gasteiger partial charge < -0.3 is 30.1 Å². The predicted molar refractivity (Wildman–Crippen MR) is 133 cm³/mol. The van der Waals surface area contributed by atoms with Crippen LogP contribution < -0.4 is 10.2 Å². The average Bonchev–Trinajstić information content (AvgIpc) is 3.63. The Kier molecular flexibility index (Phi) is 9.88. The van der Waals surface area contributed by atoms with E-state index >= 15 is 0 Å². The molecule has 1 aromatic carbocycles. The summed E-state index contributed by atoms with van der Waals surface area (Å²) in [5.41, 5.74) is -0.729. The Morgan fingerprint density at radius 2 is 1.95 bits per heavy atom. The number of aliphatic hydroxyl groups excluding tert-OH is 1. The highest BCUT2D eigenvalue weighted by molar-refractivity contribution is 6.31. The Labute approximate surface area is 223 Å². The van der Waals surface area contributed by atoms with Crippen molar-refractivity contribution in [3.8, 4) is 0 Å². The van der Waals surface area contributed by atoms with Gasteiger partial charge in [-0.3, -0.25) is 14.4 Å². The molecule has 1 saturated carbocycles. The third-order valence-corrected chi connectivity index (χ3v) is 7.66. The number of carboxylic acids is 1. The highest BCUT2D eigenvalue weighted by Crippen LogP contribution is 2.53. The van der Waals surface area contributed by atoms with E-state index in [-0.39, 0.29) is 56.8 Å². The van der Waals surface area contributed by atoms with Crippen LogP contribution in [0.3, 0.4) is 0 Å². The van der Waals surface area contributed by atoms with Crippen molar-refractivity contribution in [3.63, 3.8) is 0 Å². The molecule has 9 nitrogen and oxygen atoms in total. The number of ether oxygens (including phenoxy) is 1. The SMILES string of the molecule is COC(=O)[C@H](CCC(=O)N1CCC2(CC2)[C@H](O)C1)NCCN(CCC(=O)O)c1ccc(C(F)(F)F)c(Cl)c1. The number of carbonyl (C=O) groups is 3. The maximum absolute atomic E-state index is 13.1. The molecular formula is C25H33ClF3N3O6. The molecule has 1 amide bonds. The third kappa shape index (κ3) is 7.73. The maximum Gasteiger partial charge on any atom is 0.417 e. The van der Waals surface area contributed by atoms with Crippen molar-refractivity contribution in [2.75, 3.05) is 44.7 Å². The number of rotatable bonds is 12. The number of hydrogen-bond acceptors (Lipinski definition) is 7. The minimum atomic E-state index is -4.63. The largest absolute Gasteiger partial charge is 0.481 e. The number of benzene rings is 1. The molecule has 0 unspecified atom stereocenters. The number of carbonyl (C=O) groups excluding carboxylic acids is 2. The summed E-state index contributed by atoms with van der Waals surface area (Å²) in [4.78, 5) is 39.3. The van der Waals surface area contributed by atoms with Gasteiger partial charge in [-0.15, -0.1) is 0 Å². The summed E-state index contributed by atoms with van der Waals surface area (Å²) in [5, 5.41) is 21.9. The lowest BCUT2D eigenvalue weighted by Gasteiger charge is -2.36. The van der Waals surface area contributed by atoms with Crippen molar-refractivity contribution in [2.24, 2.45) is 5.41 Å². The monoisotopic (exact) mass is 563 g/mol. The second-order valence-corrected chi connectivity index (χ2v) is 10.2. The first kappa shape index (κ1) is 30.0. The summed E-state index contributed by atoms with van der Waals surface area (Å²) in [7, 11) is 1.22. The van der Waals surface area contributed by atoms with E-state index in [1.807, 2.05) is 0 Å². The van der Waals surface area contributed by atoms with E-state index < -0.39 is 40.8 Å². The molecule has 2 atom stereocenters. The van der Waals surface area contributed by atoms with Gasteiger partial charge in [0.15, 0.2) is 0 Å². The Morgan fingerprint density at radius 1 is 1.24 bits per heavy atom. The molecular weight excluding hydrogens is 531 g/mol. The number of esters is 1. The first-order valence-corrected chi connectivity index (χ1v) is 12.8. The number of amides is 1. The van der Waals surface area contributed by atoms with Gasteiger partial charge in [0.2, 0.25) is 5.91 Å². The normalized spacial score (nSPS) is 19.2. The number of nitrogens with one attached hydrogen (secondary N) is 1. The lowest BCUT2D eigenvalue weighted by Crippen LogP contribution is -2.48. The summed E-state index contributed by atoms with van der Waals surface area (Å²) >= 11 is 5.84. The molecule has 1 spiro atoms. The van der Waals surface area contributed by atoms with Crippen molar-refractivity contribution in [2.45, 2.75) is 56.8 Å². The van der Waals surface area contributed by atoms with Gasteiger partial charge in [-0.2, -0.15) is 13.2 Å². The van der Waals surface area contributed by atoms with Crippen molar-refractivity contribution >= 4 is 35.1 Å². The van der Waals surface area contributed by atoms with Crippen LogP contribution in [0.15, 0.2) is 18.2 Å². The molecule has 1 aliphatic carbocycles. The zero-order valence-electron chi connectivity index (χ0n) is 21.1. The van der Waals surface area contributed by atoms with E-state index in [9.17, 15) is 32.7 Å². The molecule has 38 heavy (non-hydrogen) atoms. The Balaban J connectivity index is 1.58. The van der Waals surface area contributed by atoms with Crippen LogP contribution in [0.25, 0.3) is 0 Å². The fourth-order valence-corrected chi connectivity index (χ4v) is 5.05. The number of piperidine rings is 1. The molecule has 3 rings (SSSR count). The first-order chi connectivity index (χ1) is 17.9. The molecule has 13 heteroatoms. The molecule has 1 aliphatic heterocycles. The minimum Gasteiger partial charge on any atom is -0.481 e. The number of alkyl halides is 3. The highest BCUT2D eigenvalue weighted by atomic mass is 35.5. The van der Waals surface area contributed by atoms with Crippen LogP contribution in [0.5, 0.6) is 0 Å². The summed E-state index contributed by atoms with van der Waals surface area (Å²) in [6, 6.07) is 2.35. The van der Waals surface area contributed by atoms with Crippen LogP contribution in [0, 0.1) is 5.41 Å². The van der Waals surface area contributed by atoms with Gasteiger partial charge in [-0.05, 0) is 49.3 Å². The Morgan fingerprint density at radius 3 is 2.50 bits per heavy atom. The van der Waals surface area contributed by atoms with Crippen LogP contribution in [-0.4, -0.2) is 84.9 Å². The quantitative estimate of drug-likeness (QED) is 0.332. The van der Waals surface area contributed by atoms with E-state index in [4.69, 9.17) is 21.4 Å². The Bertz CT molecular complexity index is 1020. The summed E-state index contributed by atoms with van der Waals surface area (Å²) < 4.78 is 44.1. The molecule has 1 aromatic rings. The van der Waals surface area contributed by atoms with Crippen LogP contribution in [-0.2, 0) is 25.3 Å². The number of anilines is 1. The highest BCUT2D eigenvalue weighted by Gasteiger charge is 2.51. The lowest BCUT2D eigenvalue weighted by molar-refractivity contribution is -0.144. The number of carboxylic acid groups (broad SMARTS) is 1. The van der Waals surface area contributed by atoms with Crippen LogP contribution in [0.2, 0.25) is 5.02 Å². The van der Waals surface area contributed by atoms with Crippen LogP contribution in [0.1, 0.15) is 44.1 Å². The molecule has 2 aliphatic rings. The lowest BCUT2D eigenvalue weighted by atomic mass is 9.90. The van der Waals surface area contributed by atoms with Crippen molar-refractivity contribution in [1.29, 1.82) is 0 Å². The average molecular weight is 564 g/mol. The number of nitrogens with zero attached hydrogens (tertiary/aromatic N) is 2. The molecule has 1 heterocycles. The van der Waals surface area contributed by atoms with Gasteiger partial charge in [0, 0.05) is 44.8 Å². The zero-order valence-corrected chi connectivity index (χ0v) is 21.9. The Hall–Kier alpha value is -2.57. The first-order valence-electron chi connectivity index (χ1n) is 12.5. The van der Waals surface area contributed by atoms with Crippen molar-refractivity contribution in [3.05, 3.63) is 28.8 Å². The van der Waals surface area contributed by atoms with Gasteiger partial charge in [-0.25, -0.2) is 0 Å². The van der Waals surface area contributed by atoms with Crippen molar-refractivity contribution in [1.82, 2.24) is 10.2 Å². The summed E-state index contributed by atoms with van der Waals surface area (Å²) in [6.07, 6.45) is -2.51. The van der Waals surface area contributed by atoms with Gasteiger partial charge in [-0.1, -0.05) is 11.6 Å². The van der Waals surface area contributed by atoms with Gasteiger partial charge in [0.05, 0.1) is 30.2 Å². The van der Waals surface area contributed by atoms with E-state index in [0.29, 0.717) is 12.2 Å². The minimum absolute atomic E-state index is 0.00113. The number of methoxy groups -OCH3 is 1. The van der Waals surface area contributed by atoms with Gasteiger partial charge in [0.1, 0.15) is 6.04 Å². The van der Waals surface area contributed by atoms with Crippen LogP contribution >= 0.6 is 11.6 Å². The summed E-state index contributed by atoms with van der Waals surface area (Å²) in [5.74, 6) is -1.83. The third-order valence-electron chi connectivity index (χ3n) is 7.35. The molecule has 0 radical (unpaired) electrons. The number of likely N-dealkylation sites (tertiary alicyclic amines) is 1. The smallest absolute Gasteiger partial charge is 0.417 e.